The highest BCUT2D eigenvalue weighted by molar-refractivity contribution is 6.45. The lowest BCUT2D eigenvalue weighted by molar-refractivity contribution is -0.135. The van der Waals surface area contributed by atoms with Crippen LogP contribution < -0.4 is 16.0 Å². The van der Waals surface area contributed by atoms with E-state index < -0.39 is 34.4 Å². The molecule has 3 atom stereocenters. The largest absolute Gasteiger partial charge is 0.465 e. The van der Waals surface area contributed by atoms with Gasteiger partial charge in [0, 0.05) is 24.9 Å². The number of carboxylic acid groups (broad SMARTS) is 1. The monoisotopic (exact) mass is 453 g/mol. The predicted octanol–water partition coefficient (Wildman–Crippen LogP) is 2.69. The third-order valence-corrected chi connectivity index (χ3v) is 6.75. The van der Waals surface area contributed by atoms with Gasteiger partial charge >= 0.3 is 13.2 Å². The first kappa shape index (κ1) is 26.4. The number of nitrogens with one attached hydrogen (secondary N) is 3. The fraction of sp³-hybridized carbons (Fsp3) is 0.864. The van der Waals surface area contributed by atoms with Gasteiger partial charge in [0.2, 0.25) is 11.8 Å². The number of carbonyl (C=O) groups excluding carboxylic acids is 2. The van der Waals surface area contributed by atoms with E-state index in [1.54, 1.807) is 0 Å². The molecule has 0 spiro atoms. The number of hydrogen-bond acceptors (Lipinski definition) is 5. The first-order valence-electron chi connectivity index (χ1n) is 11.4. The van der Waals surface area contributed by atoms with Crippen molar-refractivity contribution in [3.8, 4) is 0 Å². The fourth-order valence-corrected chi connectivity index (χ4v) is 4.70. The maximum atomic E-state index is 13.4. The van der Waals surface area contributed by atoms with Gasteiger partial charge in [0.25, 0.3) is 0 Å². The van der Waals surface area contributed by atoms with Crippen molar-refractivity contribution in [2.75, 3.05) is 0 Å². The summed E-state index contributed by atoms with van der Waals surface area (Å²) in [7, 11) is -0.340. The number of amides is 3. The molecule has 1 aliphatic heterocycles. The molecule has 0 unspecified atom stereocenters. The van der Waals surface area contributed by atoms with Gasteiger partial charge in [-0.2, -0.15) is 0 Å². The molecule has 2 fully saturated rings. The Labute approximate surface area is 191 Å². The molecule has 0 aromatic rings. The summed E-state index contributed by atoms with van der Waals surface area (Å²) in [4.78, 5) is 36.8. The Bertz CT molecular complexity index is 720. The van der Waals surface area contributed by atoms with Crippen LogP contribution in [-0.4, -0.2) is 58.5 Å². The average molecular weight is 453 g/mol. The molecule has 1 saturated carbocycles. The van der Waals surface area contributed by atoms with Crippen LogP contribution in [0, 0.1) is 5.92 Å². The summed E-state index contributed by atoms with van der Waals surface area (Å²) in [5.74, 6) is -0.829. The SMILES string of the molecule is CC(=O)N[C@@]1(C(=O)NC(C)(C)C)C[C@@H](NC(=O)O)C[C@@H]1CCCB1OC(C)(C)C(C)(C)O1. The summed E-state index contributed by atoms with van der Waals surface area (Å²) in [6, 6.07) is -0.424. The van der Waals surface area contributed by atoms with Crippen molar-refractivity contribution >= 4 is 25.0 Å². The molecule has 1 aliphatic carbocycles. The zero-order chi connectivity index (χ0) is 24.5. The molecule has 9 nitrogen and oxygen atoms in total. The first-order valence-corrected chi connectivity index (χ1v) is 11.4. The Kier molecular flexibility index (Phi) is 7.61. The Balaban J connectivity index is 2.18. The van der Waals surface area contributed by atoms with Crippen molar-refractivity contribution < 1.29 is 28.8 Å². The van der Waals surface area contributed by atoms with Gasteiger partial charge in [-0.15, -0.1) is 0 Å². The molecule has 0 aromatic heterocycles. The van der Waals surface area contributed by atoms with Crippen molar-refractivity contribution in [3.05, 3.63) is 0 Å². The van der Waals surface area contributed by atoms with E-state index in [-0.39, 0.29) is 31.3 Å². The van der Waals surface area contributed by atoms with E-state index in [1.807, 2.05) is 48.5 Å². The summed E-state index contributed by atoms with van der Waals surface area (Å²) in [5.41, 5.74) is -2.49. The topological polar surface area (TPSA) is 126 Å². The third-order valence-electron chi connectivity index (χ3n) is 6.75. The van der Waals surface area contributed by atoms with Crippen LogP contribution in [0.4, 0.5) is 4.79 Å². The molecule has 32 heavy (non-hydrogen) atoms. The van der Waals surface area contributed by atoms with Gasteiger partial charge in [-0.05, 0) is 73.5 Å². The summed E-state index contributed by atoms with van der Waals surface area (Å²) in [5, 5.41) is 17.6. The standard InChI is InChI=1S/C22H40BN3O6/c1-14(27)25-22(17(28)26-19(2,3)4)13-16(24-18(29)30)12-15(22)10-9-11-23-31-20(5,6)21(7,8)32-23/h15-16,24H,9-13H2,1-8H3,(H,25,27)(H,26,28)(H,29,30)/t15-,16-,22-/m0/s1. The smallest absolute Gasteiger partial charge is 0.457 e. The zero-order valence-corrected chi connectivity index (χ0v) is 20.8. The minimum Gasteiger partial charge on any atom is -0.465 e. The lowest BCUT2D eigenvalue weighted by Gasteiger charge is -2.37. The molecule has 3 amide bonds. The van der Waals surface area contributed by atoms with Crippen LogP contribution in [0.3, 0.4) is 0 Å². The van der Waals surface area contributed by atoms with Gasteiger partial charge in [-0.3, -0.25) is 9.59 Å². The van der Waals surface area contributed by atoms with Gasteiger partial charge in [0.1, 0.15) is 5.54 Å². The highest BCUT2D eigenvalue weighted by atomic mass is 16.7. The Morgan fingerprint density at radius 2 is 1.66 bits per heavy atom. The lowest BCUT2D eigenvalue weighted by Crippen LogP contribution is -2.63. The minimum absolute atomic E-state index is 0.210. The van der Waals surface area contributed by atoms with Gasteiger partial charge in [-0.25, -0.2) is 4.79 Å². The van der Waals surface area contributed by atoms with Crippen molar-refractivity contribution in [1.82, 2.24) is 16.0 Å². The molecule has 0 radical (unpaired) electrons. The second kappa shape index (κ2) is 9.21. The molecule has 2 rings (SSSR count). The number of hydrogen-bond donors (Lipinski definition) is 4. The van der Waals surface area contributed by atoms with E-state index in [2.05, 4.69) is 16.0 Å². The molecule has 1 saturated heterocycles. The van der Waals surface area contributed by atoms with E-state index in [0.29, 0.717) is 25.6 Å². The Hall–Kier alpha value is -1.81. The summed E-state index contributed by atoms with van der Waals surface area (Å²) < 4.78 is 12.1. The molecule has 1 heterocycles. The van der Waals surface area contributed by atoms with Gasteiger partial charge < -0.3 is 30.4 Å². The van der Waals surface area contributed by atoms with Gasteiger partial charge in [-0.1, -0.05) is 6.42 Å². The van der Waals surface area contributed by atoms with Crippen LogP contribution in [0.15, 0.2) is 0 Å². The first-order chi connectivity index (χ1) is 14.5. The van der Waals surface area contributed by atoms with Crippen LogP contribution in [0.1, 0.15) is 81.1 Å². The molecule has 182 valence electrons. The fourth-order valence-electron chi connectivity index (χ4n) is 4.70. The highest BCUT2D eigenvalue weighted by Crippen LogP contribution is 2.42. The van der Waals surface area contributed by atoms with Crippen LogP contribution >= 0.6 is 0 Å². The summed E-state index contributed by atoms with van der Waals surface area (Å²) >= 11 is 0. The van der Waals surface area contributed by atoms with E-state index >= 15 is 0 Å². The van der Waals surface area contributed by atoms with Crippen molar-refractivity contribution in [1.29, 1.82) is 0 Å². The normalized spacial score (nSPS) is 28.9. The molecule has 10 heteroatoms. The minimum atomic E-state index is -1.18. The van der Waals surface area contributed by atoms with Gasteiger partial charge in [0.05, 0.1) is 11.2 Å². The summed E-state index contributed by atoms with van der Waals surface area (Å²) in [6.45, 7) is 15.0. The Morgan fingerprint density at radius 3 is 2.12 bits per heavy atom. The molecule has 0 bridgehead atoms. The van der Waals surface area contributed by atoms with Crippen LogP contribution in [-0.2, 0) is 18.9 Å². The second-order valence-electron chi connectivity index (χ2n) is 11.3. The van der Waals surface area contributed by atoms with Crippen LogP contribution in [0.5, 0.6) is 0 Å². The quantitative estimate of drug-likeness (QED) is 0.439. The molecule has 2 aliphatic rings. The van der Waals surface area contributed by atoms with E-state index in [9.17, 15) is 19.5 Å². The number of carbonyl (C=O) groups is 3. The maximum Gasteiger partial charge on any atom is 0.457 e. The van der Waals surface area contributed by atoms with Crippen molar-refractivity contribution in [3.63, 3.8) is 0 Å². The van der Waals surface area contributed by atoms with Crippen molar-refractivity contribution in [2.45, 2.75) is 116 Å². The van der Waals surface area contributed by atoms with E-state index in [4.69, 9.17) is 9.31 Å². The average Bonchev–Trinajstić information content (AvgIpc) is 2.99. The lowest BCUT2D eigenvalue weighted by atomic mass is 9.77. The molecule has 4 N–H and O–H groups in total. The summed E-state index contributed by atoms with van der Waals surface area (Å²) in [6.07, 6.45) is 1.53. The zero-order valence-electron chi connectivity index (χ0n) is 20.8. The van der Waals surface area contributed by atoms with Crippen molar-refractivity contribution in [2.24, 2.45) is 5.92 Å². The van der Waals surface area contributed by atoms with E-state index in [0.717, 1.165) is 0 Å². The Morgan fingerprint density at radius 1 is 1.09 bits per heavy atom. The second-order valence-corrected chi connectivity index (χ2v) is 11.3. The van der Waals surface area contributed by atoms with E-state index in [1.165, 1.54) is 6.92 Å². The van der Waals surface area contributed by atoms with Crippen LogP contribution in [0.2, 0.25) is 6.32 Å². The maximum absolute atomic E-state index is 13.4. The third kappa shape index (κ3) is 6.16. The molecular formula is C22H40BN3O6. The van der Waals surface area contributed by atoms with Gasteiger partial charge in [0.15, 0.2) is 0 Å². The highest BCUT2D eigenvalue weighted by Gasteiger charge is 2.54. The molecule has 0 aromatic carbocycles. The predicted molar refractivity (Wildman–Crippen MR) is 122 cm³/mol. The molecular weight excluding hydrogens is 413 g/mol. The van der Waals surface area contributed by atoms with Crippen LogP contribution in [0.25, 0.3) is 0 Å². The number of rotatable bonds is 7.